The number of fused-ring (bicyclic) bond motifs is 1. The van der Waals surface area contributed by atoms with Crippen molar-refractivity contribution < 1.29 is 23.9 Å². The number of nitrogens with zero attached hydrogens (tertiary/aromatic N) is 3. The highest BCUT2D eigenvalue weighted by Gasteiger charge is 2.50. The number of benzene rings is 2. The van der Waals surface area contributed by atoms with Crippen LogP contribution in [0.1, 0.15) is 97.4 Å². The molecule has 4 N–H and O–H groups in total. The third-order valence-electron chi connectivity index (χ3n) is 8.76. The molecule has 2 aliphatic rings. The van der Waals surface area contributed by atoms with Crippen LogP contribution >= 0.6 is 11.6 Å². The number of aryl methyl sites for hydroxylation is 1. The minimum atomic E-state index is -1.23. The molecule has 5 rings (SSSR count). The normalized spacial score (nSPS) is 19.0. The van der Waals surface area contributed by atoms with Crippen molar-refractivity contribution in [3.8, 4) is 0 Å². The van der Waals surface area contributed by atoms with Gasteiger partial charge in [0.2, 0.25) is 5.91 Å². The number of aromatic nitrogens is 2. The average molecular weight is 651 g/mol. The number of nitrogens with two attached hydrogens (primary N) is 1. The topological polar surface area (TPSA) is 151 Å². The van der Waals surface area contributed by atoms with Gasteiger partial charge in [0.15, 0.2) is 5.54 Å². The summed E-state index contributed by atoms with van der Waals surface area (Å²) in [4.78, 5) is 64.9. The number of imidazole rings is 1. The molecular formula is C34H43ClN6O5. The average Bonchev–Trinajstić information content (AvgIpc) is 3.77. The summed E-state index contributed by atoms with van der Waals surface area (Å²) >= 11 is 6.20. The summed E-state index contributed by atoms with van der Waals surface area (Å²) in [6.07, 6.45) is 3.26. The Labute approximate surface area is 274 Å². The largest absolute Gasteiger partial charge is 0.458 e. The van der Waals surface area contributed by atoms with E-state index in [9.17, 15) is 19.2 Å². The molecule has 3 heterocycles. The van der Waals surface area contributed by atoms with Gasteiger partial charge in [-0.1, -0.05) is 11.6 Å². The maximum absolute atomic E-state index is 13.7. The Hall–Kier alpha value is -3.96. The van der Waals surface area contributed by atoms with E-state index < -0.39 is 23.2 Å². The van der Waals surface area contributed by atoms with Crippen LogP contribution in [0.25, 0.3) is 11.0 Å². The lowest BCUT2D eigenvalue weighted by Gasteiger charge is -2.37. The zero-order valence-electron chi connectivity index (χ0n) is 27.0. The summed E-state index contributed by atoms with van der Waals surface area (Å²) in [6.45, 7) is 8.99. The van der Waals surface area contributed by atoms with Crippen molar-refractivity contribution in [3.63, 3.8) is 0 Å². The number of ether oxygens (including phenoxy) is 1. The molecule has 0 unspecified atom stereocenters. The summed E-state index contributed by atoms with van der Waals surface area (Å²) in [5.74, 6) is -0.691. The second kappa shape index (κ2) is 13.4. The van der Waals surface area contributed by atoms with E-state index in [1.54, 1.807) is 57.2 Å². The van der Waals surface area contributed by atoms with Crippen molar-refractivity contribution in [2.75, 3.05) is 26.2 Å². The number of halogens is 1. The van der Waals surface area contributed by atoms with Crippen LogP contribution in [-0.2, 0) is 14.3 Å². The minimum Gasteiger partial charge on any atom is -0.458 e. The predicted molar refractivity (Wildman–Crippen MR) is 175 cm³/mol. The van der Waals surface area contributed by atoms with Crippen molar-refractivity contribution >= 4 is 46.3 Å². The highest BCUT2D eigenvalue weighted by molar-refractivity contribution is 6.31. The van der Waals surface area contributed by atoms with E-state index in [-0.39, 0.29) is 37.1 Å². The lowest BCUT2D eigenvalue weighted by atomic mass is 9.95. The molecule has 11 nitrogen and oxygen atoms in total. The van der Waals surface area contributed by atoms with Gasteiger partial charge in [0.05, 0.1) is 17.1 Å². The number of hydrogen-bond donors (Lipinski definition) is 3. The minimum absolute atomic E-state index is 0.0234. The van der Waals surface area contributed by atoms with Gasteiger partial charge in [0.25, 0.3) is 11.8 Å². The molecule has 2 aromatic carbocycles. The molecule has 12 heteroatoms. The van der Waals surface area contributed by atoms with E-state index in [4.69, 9.17) is 27.1 Å². The quantitative estimate of drug-likeness (QED) is 0.285. The highest BCUT2D eigenvalue weighted by Crippen LogP contribution is 2.33. The number of carbonyl (C=O) groups is 4. The van der Waals surface area contributed by atoms with Gasteiger partial charge in [-0.05, 0) is 102 Å². The van der Waals surface area contributed by atoms with Gasteiger partial charge in [0.1, 0.15) is 11.4 Å². The second-order valence-corrected chi connectivity index (χ2v) is 13.7. The van der Waals surface area contributed by atoms with Crippen LogP contribution in [0, 0.1) is 6.92 Å². The summed E-state index contributed by atoms with van der Waals surface area (Å²) in [5.41, 5.74) is 7.20. The van der Waals surface area contributed by atoms with Gasteiger partial charge in [-0.3, -0.25) is 14.4 Å². The Morgan fingerprint density at radius 1 is 1.09 bits per heavy atom. The molecule has 0 saturated carbocycles. The lowest BCUT2D eigenvalue weighted by Crippen LogP contribution is -2.59. The Morgan fingerprint density at radius 3 is 2.50 bits per heavy atom. The SMILES string of the molecule is Cc1cc(C(=O)N[C@@H](CCC(=O)N2CCC[C@]2(CN)C(=O)OC(C)(C)C)c2nc3ccc(Cl)cc3[nH]2)ccc1C(=O)N1CCCC1. The number of rotatable bonds is 9. The van der Waals surface area contributed by atoms with Crippen LogP contribution in [0.4, 0.5) is 0 Å². The van der Waals surface area contributed by atoms with Crippen LogP contribution in [0.2, 0.25) is 5.02 Å². The maximum Gasteiger partial charge on any atom is 0.333 e. The van der Waals surface area contributed by atoms with Crippen molar-refractivity contribution in [2.24, 2.45) is 5.73 Å². The lowest BCUT2D eigenvalue weighted by molar-refractivity contribution is -0.171. The molecule has 2 fully saturated rings. The first-order valence-electron chi connectivity index (χ1n) is 15.9. The van der Waals surface area contributed by atoms with Crippen LogP contribution in [0.5, 0.6) is 0 Å². The Bertz CT molecular complexity index is 1640. The fourth-order valence-corrected chi connectivity index (χ4v) is 6.52. The van der Waals surface area contributed by atoms with E-state index in [1.807, 2.05) is 11.8 Å². The van der Waals surface area contributed by atoms with Gasteiger partial charge in [0, 0.05) is 48.7 Å². The van der Waals surface area contributed by atoms with Gasteiger partial charge in [-0.15, -0.1) is 0 Å². The first kappa shape index (κ1) is 33.4. The summed E-state index contributed by atoms with van der Waals surface area (Å²) in [7, 11) is 0. The Morgan fingerprint density at radius 2 is 1.83 bits per heavy atom. The third kappa shape index (κ3) is 7.05. The van der Waals surface area contributed by atoms with Gasteiger partial charge in [-0.25, -0.2) is 9.78 Å². The molecule has 3 aromatic rings. The zero-order chi connectivity index (χ0) is 33.2. The number of esters is 1. The number of likely N-dealkylation sites (tertiary alicyclic amines) is 2. The van der Waals surface area contributed by atoms with E-state index in [2.05, 4.69) is 10.3 Å². The summed E-state index contributed by atoms with van der Waals surface area (Å²) in [6, 6.07) is 9.63. The molecule has 3 amide bonds. The fraction of sp³-hybridized carbons (Fsp3) is 0.500. The first-order chi connectivity index (χ1) is 21.8. The zero-order valence-corrected chi connectivity index (χ0v) is 27.7. The van der Waals surface area contributed by atoms with E-state index in [1.165, 1.54) is 4.90 Å². The highest BCUT2D eigenvalue weighted by atomic mass is 35.5. The van der Waals surface area contributed by atoms with E-state index >= 15 is 0 Å². The van der Waals surface area contributed by atoms with Crippen LogP contribution in [-0.4, -0.2) is 80.8 Å². The van der Waals surface area contributed by atoms with Crippen LogP contribution in [0.15, 0.2) is 36.4 Å². The monoisotopic (exact) mass is 650 g/mol. The first-order valence-corrected chi connectivity index (χ1v) is 16.3. The third-order valence-corrected chi connectivity index (χ3v) is 9.00. The number of hydrogen-bond acceptors (Lipinski definition) is 7. The Balaban J connectivity index is 1.36. The molecule has 246 valence electrons. The van der Waals surface area contributed by atoms with Gasteiger partial charge in [-0.2, -0.15) is 0 Å². The molecule has 0 spiro atoms. The second-order valence-electron chi connectivity index (χ2n) is 13.3. The van der Waals surface area contributed by atoms with Gasteiger partial charge < -0.3 is 30.6 Å². The molecule has 0 aliphatic carbocycles. The smallest absolute Gasteiger partial charge is 0.333 e. The standard InChI is InChI=1S/C34H43ClN6O5/c1-21-18-22(8-10-24(21)31(44)40-15-5-6-16-40)30(43)39-26(29-37-25-11-9-23(35)19-27(25)38-29)12-13-28(42)41-17-7-14-34(41,20-36)32(45)46-33(2,3)4/h8-11,18-19,26H,5-7,12-17,20,36H2,1-4H3,(H,37,38)(H,39,43)/t26-,34-/m0/s1. The molecule has 2 aliphatic heterocycles. The summed E-state index contributed by atoms with van der Waals surface area (Å²) < 4.78 is 5.68. The summed E-state index contributed by atoms with van der Waals surface area (Å²) in [5, 5.41) is 3.58. The van der Waals surface area contributed by atoms with Gasteiger partial charge >= 0.3 is 5.97 Å². The van der Waals surface area contributed by atoms with Crippen molar-refractivity contribution in [1.29, 1.82) is 0 Å². The number of carbonyl (C=O) groups excluding carboxylic acids is 4. The molecule has 46 heavy (non-hydrogen) atoms. The molecule has 0 radical (unpaired) electrons. The molecule has 2 saturated heterocycles. The van der Waals surface area contributed by atoms with Crippen molar-refractivity contribution in [1.82, 2.24) is 25.1 Å². The van der Waals surface area contributed by atoms with E-state index in [0.717, 1.165) is 25.9 Å². The Kier molecular flexibility index (Phi) is 9.74. The maximum atomic E-state index is 13.7. The van der Waals surface area contributed by atoms with E-state index in [0.29, 0.717) is 58.0 Å². The number of nitrogens with one attached hydrogen (secondary N) is 2. The molecular weight excluding hydrogens is 608 g/mol. The molecule has 2 atom stereocenters. The van der Waals surface area contributed by atoms with Crippen molar-refractivity contribution in [2.45, 2.75) is 83.4 Å². The number of H-pyrrole nitrogens is 1. The van der Waals surface area contributed by atoms with Crippen LogP contribution in [0.3, 0.4) is 0 Å². The number of amides is 3. The number of aromatic amines is 1. The fourth-order valence-electron chi connectivity index (χ4n) is 6.35. The van der Waals surface area contributed by atoms with Crippen LogP contribution < -0.4 is 11.1 Å². The molecule has 1 aromatic heterocycles. The predicted octanol–water partition coefficient (Wildman–Crippen LogP) is 4.67. The van der Waals surface area contributed by atoms with Crippen molar-refractivity contribution in [3.05, 3.63) is 63.9 Å². The molecule has 0 bridgehead atoms.